The van der Waals surface area contributed by atoms with Gasteiger partial charge in [0.1, 0.15) is 0 Å². The molecule has 0 spiro atoms. The summed E-state index contributed by atoms with van der Waals surface area (Å²) in [4.78, 5) is 14.5. The maximum atomic E-state index is 12.1. The number of carbonyl (C=O) groups excluding carboxylic acids is 1. The molecule has 0 saturated carbocycles. The highest BCUT2D eigenvalue weighted by Gasteiger charge is 2.15. The van der Waals surface area contributed by atoms with Crippen molar-refractivity contribution in [1.82, 2.24) is 10.2 Å². The first kappa shape index (κ1) is 14.1. The third-order valence-electron chi connectivity index (χ3n) is 3.67. The van der Waals surface area contributed by atoms with E-state index in [9.17, 15) is 4.79 Å². The molecule has 0 radical (unpaired) electrons. The van der Waals surface area contributed by atoms with Crippen LogP contribution in [0.2, 0.25) is 0 Å². The number of likely N-dealkylation sites (tertiary alicyclic amines) is 1. The van der Waals surface area contributed by atoms with Gasteiger partial charge in [-0.25, -0.2) is 0 Å². The summed E-state index contributed by atoms with van der Waals surface area (Å²) in [6, 6.07) is 7.93. The fraction of sp³-hybridized carbons (Fsp3) is 0.562. The fourth-order valence-electron chi connectivity index (χ4n) is 2.59. The second-order valence-electron chi connectivity index (χ2n) is 5.60. The minimum Gasteiger partial charge on any atom is -0.348 e. The molecule has 1 saturated heterocycles. The molecule has 2 rings (SSSR count). The molecule has 1 heterocycles. The van der Waals surface area contributed by atoms with E-state index in [1.54, 1.807) is 0 Å². The molecule has 104 valence electrons. The van der Waals surface area contributed by atoms with Gasteiger partial charge in [0.2, 0.25) is 0 Å². The Labute approximate surface area is 116 Å². The van der Waals surface area contributed by atoms with Crippen LogP contribution in [0.25, 0.3) is 0 Å². The Morgan fingerprint density at radius 2 is 1.84 bits per heavy atom. The van der Waals surface area contributed by atoms with Crippen molar-refractivity contribution in [3.8, 4) is 0 Å². The number of nitrogens with one attached hydrogen (secondary N) is 1. The largest absolute Gasteiger partial charge is 0.348 e. The van der Waals surface area contributed by atoms with Gasteiger partial charge in [-0.15, -0.1) is 0 Å². The lowest BCUT2D eigenvalue weighted by molar-refractivity contribution is 0.0925. The highest BCUT2D eigenvalue weighted by Crippen LogP contribution is 2.09. The molecule has 1 aliphatic heterocycles. The van der Waals surface area contributed by atoms with Gasteiger partial charge in [-0.1, -0.05) is 24.1 Å². The van der Waals surface area contributed by atoms with Gasteiger partial charge in [0, 0.05) is 18.2 Å². The molecule has 1 unspecified atom stereocenters. The highest BCUT2D eigenvalue weighted by atomic mass is 16.1. The van der Waals surface area contributed by atoms with Crippen LogP contribution in [0.1, 0.15) is 42.1 Å². The maximum absolute atomic E-state index is 12.1. The zero-order valence-electron chi connectivity index (χ0n) is 12.0. The molecule has 1 N–H and O–H groups in total. The molecule has 3 heteroatoms. The highest BCUT2D eigenvalue weighted by molar-refractivity contribution is 5.94. The van der Waals surface area contributed by atoms with Gasteiger partial charge in [0.25, 0.3) is 5.91 Å². The predicted molar refractivity (Wildman–Crippen MR) is 78.4 cm³/mol. The number of hydrogen-bond acceptors (Lipinski definition) is 2. The lowest BCUT2D eigenvalue weighted by Gasteiger charge is -2.29. The number of nitrogens with zero attached hydrogens (tertiary/aromatic N) is 1. The summed E-state index contributed by atoms with van der Waals surface area (Å²) in [5.74, 6) is 0.0320. The van der Waals surface area contributed by atoms with E-state index in [-0.39, 0.29) is 11.9 Å². The van der Waals surface area contributed by atoms with E-state index in [1.165, 1.54) is 37.9 Å². The third kappa shape index (κ3) is 4.35. The number of hydrogen-bond donors (Lipinski definition) is 1. The van der Waals surface area contributed by atoms with Gasteiger partial charge in [0.05, 0.1) is 0 Å². The fourth-order valence-corrected chi connectivity index (χ4v) is 2.59. The van der Waals surface area contributed by atoms with Crippen molar-refractivity contribution < 1.29 is 4.79 Å². The molecular formula is C16H24N2O. The average Bonchev–Trinajstić information content (AvgIpc) is 2.40. The average molecular weight is 260 g/mol. The van der Waals surface area contributed by atoms with Crippen molar-refractivity contribution >= 4 is 5.91 Å². The topological polar surface area (TPSA) is 32.3 Å². The van der Waals surface area contributed by atoms with Crippen LogP contribution in [0.15, 0.2) is 24.3 Å². The summed E-state index contributed by atoms with van der Waals surface area (Å²) in [6.45, 7) is 7.41. The Morgan fingerprint density at radius 3 is 2.47 bits per heavy atom. The van der Waals surface area contributed by atoms with Gasteiger partial charge < -0.3 is 10.2 Å². The van der Waals surface area contributed by atoms with Gasteiger partial charge in [-0.05, 0) is 51.9 Å². The molecule has 0 bridgehead atoms. The first-order valence-electron chi connectivity index (χ1n) is 7.25. The van der Waals surface area contributed by atoms with E-state index in [1.807, 2.05) is 31.2 Å². The minimum absolute atomic E-state index is 0.0320. The molecule has 0 aromatic heterocycles. The number of aryl methyl sites for hydroxylation is 1. The second-order valence-corrected chi connectivity index (χ2v) is 5.60. The van der Waals surface area contributed by atoms with Gasteiger partial charge in [-0.2, -0.15) is 0 Å². The minimum atomic E-state index is 0.0320. The summed E-state index contributed by atoms with van der Waals surface area (Å²) < 4.78 is 0. The van der Waals surface area contributed by atoms with Crippen LogP contribution >= 0.6 is 0 Å². The number of benzene rings is 1. The number of carbonyl (C=O) groups is 1. The van der Waals surface area contributed by atoms with E-state index in [0.717, 1.165) is 12.1 Å². The summed E-state index contributed by atoms with van der Waals surface area (Å²) >= 11 is 0. The van der Waals surface area contributed by atoms with Crippen LogP contribution in [0.5, 0.6) is 0 Å². The number of rotatable bonds is 4. The summed E-state index contributed by atoms with van der Waals surface area (Å²) in [5.41, 5.74) is 1.93. The Morgan fingerprint density at radius 1 is 1.21 bits per heavy atom. The summed E-state index contributed by atoms with van der Waals surface area (Å²) in [6.07, 6.45) is 3.93. The lowest BCUT2D eigenvalue weighted by atomic mass is 10.1. The molecule has 1 atom stereocenters. The summed E-state index contributed by atoms with van der Waals surface area (Å²) in [5, 5.41) is 3.08. The van der Waals surface area contributed by atoms with Crippen LogP contribution in [0.3, 0.4) is 0 Å². The van der Waals surface area contributed by atoms with Crippen LogP contribution in [0, 0.1) is 6.92 Å². The monoisotopic (exact) mass is 260 g/mol. The Bertz CT molecular complexity index is 407. The van der Waals surface area contributed by atoms with E-state index in [0.29, 0.717) is 0 Å². The predicted octanol–water partition coefficient (Wildman–Crippen LogP) is 2.60. The quantitative estimate of drug-likeness (QED) is 0.902. The van der Waals surface area contributed by atoms with Crippen molar-refractivity contribution in [2.24, 2.45) is 0 Å². The van der Waals surface area contributed by atoms with Crippen molar-refractivity contribution in [2.45, 2.75) is 39.2 Å². The number of piperidine rings is 1. The zero-order valence-corrected chi connectivity index (χ0v) is 12.0. The van der Waals surface area contributed by atoms with Crippen molar-refractivity contribution in [1.29, 1.82) is 0 Å². The molecule has 1 fully saturated rings. The molecule has 1 aromatic carbocycles. The summed E-state index contributed by atoms with van der Waals surface area (Å²) in [7, 11) is 0. The van der Waals surface area contributed by atoms with Crippen LogP contribution in [-0.2, 0) is 0 Å². The standard InChI is InChI=1S/C16H24N2O/c1-13-6-8-15(9-7-13)16(19)17-14(2)12-18-10-4-3-5-11-18/h6-9,14H,3-5,10-12H2,1-2H3,(H,17,19). The number of amides is 1. The van der Waals surface area contributed by atoms with Gasteiger partial charge >= 0.3 is 0 Å². The van der Waals surface area contributed by atoms with E-state index >= 15 is 0 Å². The van der Waals surface area contributed by atoms with Gasteiger partial charge in [-0.3, -0.25) is 4.79 Å². The van der Waals surface area contributed by atoms with Crippen LogP contribution in [0.4, 0.5) is 0 Å². The molecular weight excluding hydrogens is 236 g/mol. The van der Waals surface area contributed by atoms with Crippen LogP contribution < -0.4 is 5.32 Å². The Balaban J connectivity index is 1.82. The van der Waals surface area contributed by atoms with Gasteiger partial charge in [0.15, 0.2) is 0 Å². The van der Waals surface area contributed by atoms with Crippen molar-refractivity contribution in [3.05, 3.63) is 35.4 Å². The second kappa shape index (κ2) is 6.71. The molecule has 1 amide bonds. The third-order valence-corrected chi connectivity index (χ3v) is 3.67. The van der Waals surface area contributed by atoms with Crippen molar-refractivity contribution in [2.75, 3.05) is 19.6 Å². The lowest BCUT2D eigenvalue weighted by Crippen LogP contribution is -2.43. The maximum Gasteiger partial charge on any atom is 0.251 e. The van der Waals surface area contributed by atoms with E-state index in [4.69, 9.17) is 0 Å². The van der Waals surface area contributed by atoms with E-state index < -0.39 is 0 Å². The first-order valence-corrected chi connectivity index (χ1v) is 7.25. The smallest absolute Gasteiger partial charge is 0.251 e. The molecule has 1 aliphatic rings. The normalized spacial score (nSPS) is 18.0. The zero-order chi connectivity index (χ0) is 13.7. The molecule has 19 heavy (non-hydrogen) atoms. The molecule has 1 aromatic rings. The van der Waals surface area contributed by atoms with Crippen molar-refractivity contribution in [3.63, 3.8) is 0 Å². The van der Waals surface area contributed by atoms with E-state index in [2.05, 4.69) is 17.1 Å². The SMILES string of the molecule is Cc1ccc(C(=O)NC(C)CN2CCCCC2)cc1. The molecule has 3 nitrogen and oxygen atoms in total. The first-order chi connectivity index (χ1) is 9.15. The Hall–Kier alpha value is -1.35. The Kier molecular flexibility index (Phi) is 4.97. The molecule has 0 aliphatic carbocycles. The van der Waals surface area contributed by atoms with Crippen LogP contribution in [-0.4, -0.2) is 36.5 Å².